The predicted octanol–water partition coefficient (Wildman–Crippen LogP) is 0.205. The highest BCUT2D eigenvalue weighted by Gasteiger charge is 1.93. The van der Waals surface area contributed by atoms with E-state index in [0.29, 0.717) is 0 Å². The van der Waals surface area contributed by atoms with Gasteiger partial charge in [-0.1, -0.05) is 6.08 Å². The molecule has 5 heteroatoms. The van der Waals surface area contributed by atoms with Gasteiger partial charge >= 0.3 is 6.03 Å². The maximum absolute atomic E-state index is 9.00. The van der Waals surface area contributed by atoms with Crippen molar-refractivity contribution in [1.82, 2.24) is 0 Å². The lowest BCUT2D eigenvalue weighted by Gasteiger charge is -2.05. The molecule has 0 rings (SSSR count). The van der Waals surface area contributed by atoms with E-state index in [4.69, 9.17) is 14.3 Å². The fraction of sp³-hybridized carbons (Fsp3) is 0.571. The van der Waals surface area contributed by atoms with Crippen LogP contribution in [0.5, 0.6) is 0 Å². The van der Waals surface area contributed by atoms with Gasteiger partial charge in [0.05, 0.1) is 0 Å². The molecule has 0 unspecified atom stereocenters. The number of methoxy groups -OCH3 is 2. The molecule has 2 amide bonds. The molecule has 0 aromatic carbocycles. The van der Waals surface area contributed by atoms with Gasteiger partial charge in [0.1, 0.15) is 0 Å². The van der Waals surface area contributed by atoms with Crippen LogP contribution >= 0.6 is 0 Å². The van der Waals surface area contributed by atoms with Gasteiger partial charge in [0.25, 0.3) is 0 Å². The van der Waals surface area contributed by atoms with Crippen LogP contribution in [0, 0.1) is 0 Å². The number of amides is 2. The molecular formula is C7H16N2O3. The highest BCUT2D eigenvalue weighted by molar-refractivity contribution is 5.69. The van der Waals surface area contributed by atoms with Gasteiger partial charge < -0.3 is 20.9 Å². The van der Waals surface area contributed by atoms with Gasteiger partial charge in [-0.3, -0.25) is 0 Å². The van der Waals surface area contributed by atoms with E-state index >= 15 is 0 Å². The number of hydrogen-bond donors (Lipinski definition) is 2. The molecule has 0 saturated heterocycles. The summed E-state index contributed by atoms with van der Waals surface area (Å²) in [5, 5.41) is 0. The van der Waals surface area contributed by atoms with Crippen LogP contribution in [0.4, 0.5) is 4.79 Å². The van der Waals surface area contributed by atoms with Gasteiger partial charge in [-0.15, -0.1) is 0 Å². The number of primary amides is 2. The quantitative estimate of drug-likeness (QED) is 0.475. The van der Waals surface area contributed by atoms with E-state index in [1.165, 1.54) is 0 Å². The van der Waals surface area contributed by atoms with Crippen LogP contribution in [0.25, 0.3) is 0 Å². The molecule has 0 heterocycles. The number of carbonyl (C=O) groups excluding carboxylic acids is 1. The lowest BCUT2D eigenvalue weighted by molar-refractivity contribution is -0.0666. The monoisotopic (exact) mass is 176 g/mol. The molecule has 0 spiro atoms. The molecule has 0 aromatic rings. The zero-order valence-electron chi connectivity index (χ0n) is 7.61. The summed E-state index contributed by atoms with van der Waals surface area (Å²) in [6.45, 7) is 1.92. The maximum Gasteiger partial charge on any atom is 0.309 e. The third-order valence-corrected chi connectivity index (χ3v) is 0.814. The third kappa shape index (κ3) is 16.0. The molecule has 0 bridgehead atoms. The minimum Gasteiger partial charge on any atom is -0.352 e. The van der Waals surface area contributed by atoms with E-state index in [9.17, 15) is 0 Å². The summed E-state index contributed by atoms with van der Waals surface area (Å²) in [5.74, 6) is 0. The molecule has 0 fully saturated rings. The number of rotatable bonds is 3. The summed E-state index contributed by atoms with van der Waals surface area (Å²) in [7, 11) is 3.21. The number of carbonyl (C=O) groups is 1. The van der Waals surface area contributed by atoms with E-state index in [1.54, 1.807) is 14.2 Å². The number of hydrogen-bond acceptors (Lipinski definition) is 3. The Bertz CT molecular complexity index is 129. The van der Waals surface area contributed by atoms with Crippen LogP contribution in [0.1, 0.15) is 6.92 Å². The van der Waals surface area contributed by atoms with Crippen molar-refractivity contribution in [3.63, 3.8) is 0 Å². The topological polar surface area (TPSA) is 87.6 Å². The van der Waals surface area contributed by atoms with Crippen LogP contribution in [0.15, 0.2) is 12.2 Å². The summed E-state index contributed by atoms with van der Waals surface area (Å²) in [4.78, 5) is 9.00. The lowest BCUT2D eigenvalue weighted by atomic mass is 10.5. The highest BCUT2D eigenvalue weighted by Crippen LogP contribution is 1.90. The molecule has 0 aliphatic heterocycles. The maximum atomic E-state index is 9.00. The second kappa shape index (κ2) is 9.93. The second-order valence-electron chi connectivity index (χ2n) is 1.77. The summed E-state index contributed by atoms with van der Waals surface area (Å²) in [6, 6.07) is -0.833. The third-order valence-electron chi connectivity index (χ3n) is 0.814. The van der Waals surface area contributed by atoms with Crippen molar-refractivity contribution in [3.05, 3.63) is 12.2 Å². The van der Waals surface area contributed by atoms with E-state index in [2.05, 4.69) is 11.5 Å². The van der Waals surface area contributed by atoms with E-state index < -0.39 is 6.03 Å². The van der Waals surface area contributed by atoms with Crippen molar-refractivity contribution in [3.8, 4) is 0 Å². The molecular weight excluding hydrogens is 160 g/mol. The normalized spacial score (nSPS) is 9.67. The molecule has 0 saturated carbocycles. The molecule has 0 aliphatic rings. The van der Waals surface area contributed by atoms with Gasteiger partial charge in [-0.25, -0.2) is 4.79 Å². The first-order valence-electron chi connectivity index (χ1n) is 3.31. The molecule has 0 atom stereocenters. The van der Waals surface area contributed by atoms with E-state index in [0.717, 1.165) is 0 Å². The van der Waals surface area contributed by atoms with Crippen LogP contribution in [-0.2, 0) is 9.47 Å². The van der Waals surface area contributed by atoms with Crippen LogP contribution in [0.2, 0.25) is 0 Å². The highest BCUT2D eigenvalue weighted by atomic mass is 16.7. The van der Waals surface area contributed by atoms with Gasteiger partial charge in [-0.2, -0.15) is 0 Å². The molecule has 0 aromatic heterocycles. The average molecular weight is 176 g/mol. The first-order valence-corrected chi connectivity index (χ1v) is 3.31. The summed E-state index contributed by atoms with van der Waals surface area (Å²) >= 11 is 0. The van der Waals surface area contributed by atoms with Gasteiger partial charge in [0.2, 0.25) is 0 Å². The number of urea groups is 1. The fourth-order valence-electron chi connectivity index (χ4n) is 0.410. The molecule has 4 N–H and O–H groups in total. The zero-order valence-corrected chi connectivity index (χ0v) is 7.61. The fourth-order valence-corrected chi connectivity index (χ4v) is 0.410. The van der Waals surface area contributed by atoms with Crippen LogP contribution in [0.3, 0.4) is 0 Å². The summed E-state index contributed by atoms with van der Waals surface area (Å²) in [5.41, 5.74) is 8.50. The Hall–Kier alpha value is -1.07. The van der Waals surface area contributed by atoms with Crippen molar-refractivity contribution in [2.45, 2.75) is 13.2 Å². The van der Waals surface area contributed by atoms with E-state index in [-0.39, 0.29) is 6.29 Å². The van der Waals surface area contributed by atoms with Crippen molar-refractivity contribution in [2.24, 2.45) is 11.5 Å². The zero-order chi connectivity index (χ0) is 9.98. The van der Waals surface area contributed by atoms with Gasteiger partial charge in [0.15, 0.2) is 6.29 Å². The minimum absolute atomic E-state index is 0.181. The van der Waals surface area contributed by atoms with Crippen molar-refractivity contribution in [1.29, 1.82) is 0 Å². The van der Waals surface area contributed by atoms with Gasteiger partial charge in [-0.05, 0) is 13.0 Å². The van der Waals surface area contributed by atoms with Crippen LogP contribution < -0.4 is 11.5 Å². The summed E-state index contributed by atoms with van der Waals surface area (Å²) < 4.78 is 9.66. The largest absolute Gasteiger partial charge is 0.352 e. The molecule has 12 heavy (non-hydrogen) atoms. The van der Waals surface area contributed by atoms with Crippen LogP contribution in [-0.4, -0.2) is 26.5 Å². The number of nitrogens with two attached hydrogens (primary N) is 2. The minimum atomic E-state index is -0.833. The lowest BCUT2D eigenvalue weighted by Crippen LogP contribution is -2.18. The number of allylic oxidation sites excluding steroid dienone is 1. The van der Waals surface area contributed by atoms with Crippen molar-refractivity contribution >= 4 is 6.03 Å². The number of ether oxygens (including phenoxy) is 2. The predicted molar refractivity (Wildman–Crippen MR) is 46.4 cm³/mol. The Balaban J connectivity index is 0. The Kier molecular flexibility index (Phi) is 11.2. The Morgan fingerprint density at radius 1 is 1.33 bits per heavy atom. The standard InChI is InChI=1S/C6H12O2.CH4N2O/c1-4-5-6(7-2)8-3;2-1(3)4/h4-6H,1-3H3;(H4,2,3,4)/b5-4+;. The van der Waals surface area contributed by atoms with E-state index in [1.807, 2.05) is 19.1 Å². The van der Waals surface area contributed by atoms with Crippen molar-refractivity contribution in [2.75, 3.05) is 14.2 Å². The molecule has 5 nitrogen and oxygen atoms in total. The molecule has 72 valence electrons. The Labute approximate surface area is 72.3 Å². The smallest absolute Gasteiger partial charge is 0.309 e. The van der Waals surface area contributed by atoms with Gasteiger partial charge in [0, 0.05) is 14.2 Å². The SMILES string of the molecule is C/C=C/C(OC)OC.NC(N)=O. The average Bonchev–Trinajstić information content (AvgIpc) is 1.99. The first kappa shape index (κ1) is 13.5. The second-order valence-corrected chi connectivity index (χ2v) is 1.77. The Morgan fingerprint density at radius 3 is 1.75 bits per heavy atom. The van der Waals surface area contributed by atoms with Crippen molar-refractivity contribution < 1.29 is 14.3 Å². The molecule has 0 radical (unpaired) electrons. The molecule has 0 aliphatic carbocycles. The first-order chi connectivity index (χ1) is 5.58. The summed E-state index contributed by atoms with van der Waals surface area (Å²) in [6.07, 6.45) is 3.54. The Morgan fingerprint density at radius 2 is 1.67 bits per heavy atom.